The van der Waals surface area contributed by atoms with Crippen molar-refractivity contribution in [2.75, 3.05) is 13.2 Å². The molecule has 0 aliphatic carbocycles. The number of hydrogen-bond donors (Lipinski definition) is 0. The van der Waals surface area contributed by atoms with Gasteiger partial charge in [-0.2, -0.15) is 0 Å². The molecule has 0 aliphatic heterocycles. The van der Waals surface area contributed by atoms with E-state index in [1.54, 1.807) is 11.6 Å². The summed E-state index contributed by atoms with van der Waals surface area (Å²) < 4.78 is 12.2. The highest BCUT2D eigenvalue weighted by molar-refractivity contribution is 5.88. The third-order valence-corrected chi connectivity index (χ3v) is 2.55. The number of ether oxygens (including phenoxy) is 2. The van der Waals surface area contributed by atoms with Gasteiger partial charge in [-0.25, -0.2) is 9.48 Å². The molecule has 0 saturated carbocycles. The number of aromatic nitrogens is 3. The van der Waals surface area contributed by atoms with E-state index in [2.05, 4.69) is 17.2 Å². The van der Waals surface area contributed by atoms with Gasteiger partial charge < -0.3 is 9.47 Å². The van der Waals surface area contributed by atoms with Gasteiger partial charge in [0.2, 0.25) is 0 Å². The molecule has 6 heteroatoms. The Kier molecular flexibility index (Phi) is 6.49. The molecule has 0 fully saturated rings. The zero-order chi connectivity index (χ0) is 14.3. The van der Waals surface area contributed by atoms with Crippen molar-refractivity contribution in [1.82, 2.24) is 15.0 Å². The molecule has 1 heterocycles. The zero-order valence-electron chi connectivity index (χ0n) is 12.2. The number of hydrogen-bond acceptors (Lipinski definition) is 5. The molecule has 6 nitrogen and oxygen atoms in total. The van der Waals surface area contributed by atoms with Crippen LogP contribution in [-0.2, 0) is 22.4 Å². The van der Waals surface area contributed by atoms with Gasteiger partial charge in [0.25, 0.3) is 0 Å². The van der Waals surface area contributed by atoms with Gasteiger partial charge in [0, 0.05) is 0 Å². The van der Waals surface area contributed by atoms with E-state index in [1.807, 2.05) is 13.8 Å². The Balaban J connectivity index is 2.77. The molecule has 0 spiro atoms. The first kappa shape index (κ1) is 15.6. The van der Waals surface area contributed by atoms with Gasteiger partial charge in [0.05, 0.1) is 31.6 Å². The van der Waals surface area contributed by atoms with E-state index in [0.717, 1.165) is 18.5 Å². The molecule has 0 unspecified atom stereocenters. The van der Waals surface area contributed by atoms with Gasteiger partial charge in [-0.3, -0.25) is 0 Å². The minimum absolute atomic E-state index is 0.183. The standard InChI is InChI=1S/C13H23N3O3/c1-5-7-11-12(13(17)18-6-2)14-15-16(11)8-9-19-10(3)4/h10H,5-9H2,1-4H3. The maximum atomic E-state index is 11.8. The van der Waals surface area contributed by atoms with E-state index in [1.165, 1.54) is 0 Å². The Morgan fingerprint density at radius 1 is 1.37 bits per heavy atom. The fourth-order valence-corrected chi connectivity index (χ4v) is 1.73. The summed E-state index contributed by atoms with van der Waals surface area (Å²) in [7, 11) is 0. The lowest BCUT2D eigenvalue weighted by molar-refractivity contribution is 0.0517. The molecule has 0 atom stereocenters. The number of esters is 1. The van der Waals surface area contributed by atoms with Crippen LogP contribution in [0.2, 0.25) is 0 Å². The molecule has 0 saturated heterocycles. The van der Waals surface area contributed by atoms with Crippen molar-refractivity contribution in [2.45, 2.75) is 53.2 Å². The van der Waals surface area contributed by atoms with Crippen LogP contribution in [0.1, 0.15) is 50.3 Å². The molecular formula is C13H23N3O3. The van der Waals surface area contributed by atoms with Crippen LogP contribution in [0.15, 0.2) is 0 Å². The summed E-state index contributed by atoms with van der Waals surface area (Å²) >= 11 is 0. The molecule has 0 aromatic carbocycles. The molecule has 0 N–H and O–H groups in total. The zero-order valence-corrected chi connectivity index (χ0v) is 12.2. The van der Waals surface area contributed by atoms with E-state index in [-0.39, 0.29) is 6.10 Å². The first-order valence-electron chi connectivity index (χ1n) is 6.81. The van der Waals surface area contributed by atoms with Crippen molar-refractivity contribution in [3.8, 4) is 0 Å². The largest absolute Gasteiger partial charge is 0.461 e. The average Bonchev–Trinajstić information content (AvgIpc) is 2.73. The second kappa shape index (κ2) is 7.89. The van der Waals surface area contributed by atoms with Crippen molar-refractivity contribution in [3.63, 3.8) is 0 Å². The summed E-state index contributed by atoms with van der Waals surface area (Å²) in [5.74, 6) is -0.401. The van der Waals surface area contributed by atoms with Gasteiger partial charge in [-0.15, -0.1) is 5.10 Å². The van der Waals surface area contributed by atoms with Crippen LogP contribution in [0, 0.1) is 0 Å². The number of nitrogens with zero attached hydrogens (tertiary/aromatic N) is 3. The van der Waals surface area contributed by atoms with Crippen molar-refractivity contribution in [2.24, 2.45) is 0 Å². The van der Waals surface area contributed by atoms with E-state index in [4.69, 9.17) is 9.47 Å². The van der Waals surface area contributed by atoms with Gasteiger partial charge >= 0.3 is 5.97 Å². The van der Waals surface area contributed by atoms with Gasteiger partial charge in [0.1, 0.15) is 0 Å². The minimum Gasteiger partial charge on any atom is -0.461 e. The second-order valence-corrected chi connectivity index (χ2v) is 4.50. The third kappa shape index (κ3) is 4.63. The fourth-order valence-electron chi connectivity index (χ4n) is 1.73. The maximum Gasteiger partial charge on any atom is 0.360 e. The lowest BCUT2D eigenvalue weighted by Crippen LogP contribution is -2.15. The first-order valence-corrected chi connectivity index (χ1v) is 6.81. The highest BCUT2D eigenvalue weighted by Gasteiger charge is 2.19. The molecule has 0 amide bonds. The molecule has 19 heavy (non-hydrogen) atoms. The molecule has 1 rings (SSSR count). The van der Waals surface area contributed by atoms with Gasteiger partial charge in [-0.1, -0.05) is 18.6 Å². The molecule has 1 aromatic rings. The van der Waals surface area contributed by atoms with E-state index in [0.29, 0.717) is 25.5 Å². The topological polar surface area (TPSA) is 66.2 Å². The minimum atomic E-state index is -0.401. The Labute approximate surface area is 114 Å². The van der Waals surface area contributed by atoms with Gasteiger partial charge in [-0.05, 0) is 27.2 Å². The highest BCUT2D eigenvalue weighted by atomic mass is 16.5. The monoisotopic (exact) mass is 269 g/mol. The Bertz CT molecular complexity index is 402. The van der Waals surface area contributed by atoms with E-state index in [9.17, 15) is 4.79 Å². The summed E-state index contributed by atoms with van der Waals surface area (Å²) in [6.07, 6.45) is 1.86. The van der Waals surface area contributed by atoms with Crippen LogP contribution in [0.5, 0.6) is 0 Å². The van der Waals surface area contributed by atoms with E-state index < -0.39 is 5.97 Å². The Morgan fingerprint density at radius 3 is 2.68 bits per heavy atom. The molecule has 108 valence electrons. The Morgan fingerprint density at radius 2 is 2.11 bits per heavy atom. The molecule has 1 aromatic heterocycles. The van der Waals surface area contributed by atoms with Gasteiger partial charge in [0.15, 0.2) is 5.69 Å². The van der Waals surface area contributed by atoms with Crippen LogP contribution < -0.4 is 0 Å². The predicted molar refractivity (Wildman–Crippen MR) is 71.1 cm³/mol. The lowest BCUT2D eigenvalue weighted by Gasteiger charge is -2.09. The van der Waals surface area contributed by atoms with Crippen LogP contribution in [0.25, 0.3) is 0 Å². The van der Waals surface area contributed by atoms with Crippen LogP contribution in [0.4, 0.5) is 0 Å². The van der Waals surface area contributed by atoms with Crippen molar-refractivity contribution >= 4 is 5.97 Å². The summed E-state index contributed by atoms with van der Waals surface area (Å²) in [4.78, 5) is 11.8. The summed E-state index contributed by atoms with van der Waals surface area (Å²) in [6.45, 7) is 9.29. The summed E-state index contributed by atoms with van der Waals surface area (Å²) in [6, 6.07) is 0. The molecule has 0 bridgehead atoms. The summed E-state index contributed by atoms with van der Waals surface area (Å²) in [5, 5.41) is 7.95. The third-order valence-electron chi connectivity index (χ3n) is 2.55. The number of carbonyl (C=O) groups is 1. The normalized spacial score (nSPS) is 11.0. The lowest BCUT2D eigenvalue weighted by atomic mass is 10.2. The van der Waals surface area contributed by atoms with Crippen molar-refractivity contribution in [1.29, 1.82) is 0 Å². The first-order chi connectivity index (χ1) is 9.10. The fraction of sp³-hybridized carbons (Fsp3) is 0.769. The maximum absolute atomic E-state index is 11.8. The van der Waals surface area contributed by atoms with Crippen LogP contribution in [0.3, 0.4) is 0 Å². The highest BCUT2D eigenvalue weighted by Crippen LogP contribution is 2.10. The average molecular weight is 269 g/mol. The smallest absolute Gasteiger partial charge is 0.360 e. The SMILES string of the molecule is CCCc1c(C(=O)OCC)nnn1CCOC(C)C. The number of carbonyl (C=O) groups excluding carboxylic acids is 1. The molecule has 0 radical (unpaired) electrons. The molecular weight excluding hydrogens is 246 g/mol. The van der Waals surface area contributed by atoms with Crippen LogP contribution >= 0.6 is 0 Å². The second-order valence-electron chi connectivity index (χ2n) is 4.50. The summed E-state index contributed by atoms with van der Waals surface area (Å²) in [5.41, 5.74) is 1.15. The van der Waals surface area contributed by atoms with Crippen molar-refractivity contribution < 1.29 is 14.3 Å². The van der Waals surface area contributed by atoms with Crippen LogP contribution in [-0.4, -0.2) is 40.3 Å². The molecule has 0 aliphatic rings. The quantitative estimate of drug-likeness (QED) is 0.674. The van der Waals surface area contributed by atoms with Crippen molar-refractivity contribution in [3.05, 3.63) is 11.4 Å². The predicted octanol–water partition coefficient (Wildman–Crippen LogP) is 1.83. The van der Waals surface area contributed by atoms with E-state index >= 15 is 0 Å². The number of rotatable bonds is 8. The Hall–Kier alpha value is -1.43.